The van der Waals surface area contributed by atoms with Gasteiger partial charge >= 0.3 is 0 Å². The number of hydrogen-bond donors (Lipinski definition) is 0. The second-order valence-corrected chi connectivity index (χ2v) is 4.08. The van der Waals surface area contributed by atoms with E-state index in [-0.39, 0.29) is 5.69 Å². The van der Waals surface area contributed by atoms with E-state index >= 15 is 0 Å². The first-order valence-corrected chi connectivity index (χ1v) is 5.72. The Hall–Kier alpha value is -2.13. The molecule has 0 aliphatic rings. The van der Waals surface area contributed by atoms with Crippen LogP contribution < -0.4 is 0 Å². The van der Waals surface area contributed by atoms with Crippen molar-refractivity contribution in [1.29, 1.82) is 0 Å². The monoisotopic (exact) mass is 259 g/mol. The smallest absolute Gasteiger partial charge is 0.258 e. The predicted octanol–water partition coefficient (Wildman–Crippen LogP) is 4.42. The molecule has 0 bridgehead atoms. The Morgan fingerprint density at radius 2 is 1.50 bits per heavy atom. The van der Waals surface area contributed by atoms with E-state index in [1.807, 2.05) is 18.2 Å². The predicted molar refractivity (Wildman–Crippen MR) is 73.5 cm³/mol. The van der Waals surface area contributed by atoms with Crippen molar-refractivity contribution in [2.24, 2.45) is 0 Å². The van der Waals surface area contributed by atoms with Crippen LogP contribution in [0.5, 0.6) is 0 Å². The lowest BCUT2D eigenvalue weighted by Gasteiger charge is -1.98. The standard InChI is InChI=1S/C14H10ClNO2/c15-13-7-3-1-5-11(13)9-10-12-6-2-4-8-14(12)16(17)18/h1-10H. The van der Waals surface area contributed by atoms with E-state index in [1.54, 1.807) is 36.4 Å². The van der Waals surface area contributed by atoms with Gasteiger partial charge < -0.3 is 0 Å². The van der Waals surface area contributed by atoms with Crippen LogP contribution in [-0.2, 0) is 0 Å². The molecule has 0 aliphatic heterocycles. The maximum atomic E-state index is 10.8. The summed E-state index contributed by atoms with van der Waals surface area (Å²) >= 11 is 6.01. The van der Waals surface area contributed by atoms with Gasteiger partial charge in [-0.1, -0.05) is 48.0 Å². The first kappa shape index (κ1) is 12.3. The fourth-order valence-corrected chi connectivity index (χ4v) is 1.78. The first-order valence-electron chi connectivity index (χ1n) is 5.34. The van der Waals surface area contributed by atoms with Gasteiger partial charge in [0.2, 0.25) is 0 Å². The number of nitro benzene ring substituents is 1. The average Bonchev–Trinajstić information content (AvgIpc) is 2.38. The third-order valence-corrected chi connectivity index (χ3v) is 2.83. The van der Waals surface area contributed by atoms with Crippen molar-refractivity contribution in [3.8, 4) is 0 Å². The third kappa shape index (κ3) is 2.76. The normalized spacial score (nSPS) is 10.7. The molecular formula is C14H10ClNO2. The van der Waals surface area contributed by atoms with Crippen LogP contribution in [0.3, 0.4) is 0 Å². The van der Waals surface area contributed by atoms with Crippen LogP contribution in [-0.4, -0.2) is 4.92 Å². The van der Waals surface area contributed by atoms with Crippen molar-refractivity contribution in [1.82, 2.24) is 0 Å². The molecule has 3 nitrogen and oxygen atoms in total. The Labute approximate surface area is 109 Å². The zero-order valence-electron chi connectivity index (χ0n) is 9.42. The molecule has 0 amide bonds. The van der Waals surface area contributed by atoms with Crippen molar-refractivity contribution in [3.63, 3.8) is 0 Å². The second kappa shape index (κ2) is 5.47. The summed E-state index contributed by atoms with van der Waals surface area (Å²) in [7, 11) is 0. The van der Waals surface area contributed by atoms with E-state index < -0.39 is 4.92 Å². The fourth-order valence-electron chi connectivity index (χ4n) is 1.58. The van der Waals surface area contributed by atoms with Crippen molar-refractivity contribution in [3.05, 3.63) is 74.8 Å². The lowest BCUT2D eigenvalue weighted by atomic mass is 10.1. The molecule has 0 heterocycles. The first-order chi connectivity index (χ1) is 8.68. The van der Waals surface area contributed by atoms with Gasteiger partial charge in [0, 0.05) is 11.1 Å². The van der Waals surface area contributed by atoms with Gasteiger partial charge in [-0.05, 0) is 23.8 Å². The third-order valence-electron chi connectivity index (χ3n) is 2.48. The molecule has 2 rings (SSSR count). The summed E-state index contributed by atoms with van der Waals surface area (Å²) in [5.41, 5.74) is 1.47. The van der Waals surface area contributed by atoms with E-state index in [0.717, 1.165) is 5.56 Å². The van der Waals surface area contributed by atoms with Crippen LogP contribution in [0.15, 0.2) is 48.5 Å². The summed E-state index contributed by atoms with van der Waals surface area (Å²) in [4.78, 5) is 10.4. The SMILES string of the molecule is O=[N+]([O-])c1ccccc1C=Cc1ccccc1Cl. The number of rotatable bonds is 3. The molecule has 0 radical (unpaired) electrons. The Bertz CT molecular complexity index is 608. The Morgan fingerprint density at radius 3 is 2.17 bits per heavy atom. The Morgan fingerprint density at radius 1 is 0.944 bits per heavy atom. The van der Waals surface area contributed by atoms with Crippen molar-refractivity contribution in [2.45, 2.75) is 0 Å². The molecule has 0 N–H and O–H groups in total. The van der Waals surface area contributed by atoms with E-state index in [2.05, 4.69) is 0 Å². The number of halogens is 1. The van der Waals surface area contributed by atoms with Gasteiger partial charge in [-0.3, -0.25) is 10.1 Å². The minimum atomic E-state index is -0.397. The zero-order valence-corrected chi connectivity index (χ0v) is 10.2. The van der Waals surface area contributed by atoms with Gasteiger partial charge in [-0.2, -0.15) is 0 Å². The number of benzene rings is 2. The lowest BCUT2D eigenvalue weighted by Crippen LogP contribution is -1.90. The minimum Gasteiger partial charge on any atom is -0.258 e. The Kier molecular flexibility index (Phi) is 3.75. The average molecular weight is 260 g/mol. The van der Waals surface area contributed by atoms with Crippen LogP contribution in [0.25, 0.3) is 12.2 Å². The molecule has 0 aromatic heterocycles. The highest BCUT2D eigenvalue weighted by Crippen LogP contribution is 2.22. The summed E-state index contributed by atoms with van der Waals surface area (Å²) < 4.78 is 0. The molecule has 0 saturated heterocycles. The molecule has 0 fully saturated rings. The number of para-hydroxylation sites is 1. The molecule has 2 aromatic rings. The fraction of sp³-hybridized carbons (Fsp3) is 0. The molecule has 0 unspecified atom stereocenters. The summed E-state index contributed by atoms with van der Waals surface area (Å²) in [5, 5.41) is 11.5. The highest BCUT2D eigenvalue weighted by Gasteiger charge is 2.09. The molecule has 4 heteroatoms. The zero-order chi connectivity index (χ0) is 13.0. The molecule has 90 valence electrons. The quantitative estimate of drug-likeness (QED) is 0.465. The van der Waals surface area contributed by atoms with Crippen molar-refractivity contribution >= 4 is 29.4 Å². The molecule has 0 aliphatic carbocycles. The van der Waals surface area contributed by atoms with Crippen LogP contribution in [0.2, 0.25) is 5.02 Å². The molecule has 18 heavy (non-hydrogen) atoms. The molecular weight excluding hydrogens is 250 g/mol. The largest absolute Gasteiger partial charge is 0.276 e. The van der Waals surface area contributed by atoms with Gasteiger partial charge in [-0.15, -0.1) is 0 Å². The second-order valence-electron chi connectivity index (χ2n) is 3.67. The molecule has 2 aromatic carbocycles. The highest BCUT2D eigenvalue weighted by atomic mass is 35.5. The van der Waals surface area contributed by atoms with Gasteiger partial charge in [0.05, 0.1) is 10.5 Å². The van der Waals surface area contributed by atoms with Gasteiger partial charge in [-0.25, -0.2) is 0 Å². The van der Waals surface area contributed by atoms with Crippen LogP contribution in [0.4, 0.5) is 5.69 Å². The minimum absolute atomic E-state index is 0.0841. The maximum absolute atomic E-state index is 10.8. The maximum Gasteiger partial charge on any atom is 0.276 e. The highest BCUT2D eigenvalue weighted by molar-refractivity contribution is 6.32. The summed E-state index contributed by atoms with van der Waals surface area (Å²) in [5.74, 6) is 0. The van der Waals surface area contributed by atoms with Crippen molar-refractivity contribution < 1.29 is 4.92 Å². The Balaban J connectivity index is 2.35. The van der Waals surface area contributed by atoms with Crippen LogP contribution in [0.1, 0.15) is 11.1 Å². The van der Waals surface area contributed by atoms with Crippen molar-refractivity contribution in [2.75, 3.05) is 0 Å². The molecule has 0 spiro atoms. The van der Waals surface area contributed by atoms with Crippen LogP contribution >= 0.6 is 11.6 Å². The van der Waals surface area contributed by atoms with Gasteiger partial charge in [0.25, 0.3) is 5.69 Å². The van der Waals surface area contributed by atoms with Gasteiger partial charge in [0.15, 0.2) is 0 Å². The van der Waals surface area contributed by atoms with E-state index in [1.165, 1.54) is 6.07 Å². The van der Waals surface area contributed by atoms with E-state index in [0.29, 0.717) is 10.6 Å². The number of nitro groups is 1. The molecule has 0 atom stereocenters. The summed E-state index contributed by atoms with van der Waals surface area (Å²) in [6.07, 6.45) is 3.46. The van der Waals surface area contributed by atoms with E-state index in [4.69, 9.17) is 11.6 Å². The van der Waals surface area contributed by atoms with Crippen LogP contribution in [0, 0.1) is 10.1 Å². The number of hydrogen-bond acceptors (Lipinski definition) is 2. The topological polar surface area (TPSA) is 43.1 Å². The molecule has 0 saturated carbocycles. The summed E-state index contributed by atoms with van der Waals surface area (Å²) in [6.45, 7) is 0. The summed E-state index contributed by atoms with van der Waals surface area (Å²) in [6, 6.07) is 13.9. The van der Waals surface area contributed by atoms with E-state index in [9.17, 15) is 10.1 Å². The number of nitrogens with zero attached hydrogens (tertiary/aromatic N) is 1. The van der Waals surface area contributed by atoms with Gasteiger partial charge in [0.1, 0.15) is 0 Å². The lowest BCUT2D eigenvalue weighted by molar-refractivity contribution is -0.385.